The highest BCUT2D eigenvalue weighted by Crippen LogP contribution is 2.70. The Labute approximate surface area is 106 Å². The summed E-state index contributed by atoms with van der Waals surface area (Å²) < 4.78 is 6.16. The summed E-state index contributed by atoms with van der Waals surface area (Å²) in [5.74, 6) is 3.85. The van der Waals surface area contributed by atoms with Gasteiger partial charge >= 0.3 is 0 Å². The monoisotopic (exact) mass is 234 g/mol. The largest absolute Gasteiger partial charge is 0.377 e. The second-order valence-electron chi connectivity index (χ2n) is 7.49. The molecule has 0 amide bonds. The van der Waals surface area contributed by atoms with E-state index in [1.54, 1.807) is 0 Å². The van der Waals surface area contributed by atoms with Gasteiger partial charge in [-0.3, -0.25) is 0 Å². The molecule has 3 aliphatic rings. The molecule has 1 aliphatic heterocycles. The van der Waals surface area contributed by atoms with Gasteiger partial charge in [-0.2, -0.15) is 0 Å². The molecule has 1 heteroatoms. The van der Waals surface area contributed by atoms with E-state index in [-0.39, 0.29) is 0 Å². The first-order valence-electron chi connectivity index (χ1n) is 7.23. The van der Waals surface area contributed by atoms with Crippen molar-refractivity contribution in [1.29, 1.82) is 0 Å². The summed E-state index contributed by atoms with van der Waals surface area (Å²) in [6, 6.07) is 0. The molecule has 1 heterocycles. The standard InChI is InChI=1S/C16H26O/c1-9(2)6-13-14-10(3)11(8-17-13)7-12-15(14)16(12,4)5/h9,11-15H,3,6-8H2,1-2,4-5H3/t11-,12-,13+,14+,15-/m1/s1. The molecule has 2 saturated carbocycles. The first-order valence-corrected chi connectivity index (χ1v) is 7.23. The van der Waals surface area contributed by atoms with E-state index >= 15 is 0 Å². The zero-order valence-electron chi connectivity index (χ0n) is 11.7. The Kier molecular flexibility index (Phi) is 2.49. The molecule has 17 heavy (non-hydrogen) atoms. The number of hydrogen-bond acceptors (Lipinski definition) is 1. The van der Waals surface area contributed by atoms with Crippen LogP contribution in [0, 0.1) is 35.0 Å². The van der Waals surface area contributed by atoms with E-state index in [2.05, 4.69) is 34.3 Å². The van der Waals surface area contributed by atoms with Crippen LogP contribution in [0.25, 0.3) is 0 Å². The van der Waals surface area contributed by atoms with Gasteiger partial charge in [0.15, 0.2) is 0 Å². The lowest BCUT2D eigenvalue weighted by molar-refractivity contribution is -0.0561. The van der Waals surface area contributed by atoms with Crippen molar-refractivity contribution in [2.24, 2.45) is 35.0 Å². The molecule has 3 fully saturated rings. The number of hydrogen-bond donors (Lipinski definition) is 0. The van der Waals surface area contributed by atoms with Gasteiger partial charge in [-0.25, -0.2) is 0 Å². The van der Waals surface area contributed by atoms with Crippen LogP contribution >= 0.6 is 0 Å². The van der Waals surface area contributed by atoms with Crippen molar-refractivity contribution in [3.05, 3.63) is 12.2 Å². The smallest absolute Gasteiger partial charge is 0.0646 e. The Balaban J connectivity index is 1.85. The van der Waals surface area contributed by atoms with Gasteiger partial charge in [0.2, 0.25) is 0 Å². The molecule has 96 valence electrons. The van der Waals surface area contributed by atoms with E-state index in [1.165, 1.54) is 18.4 Å². The summed E-state index contributed by atoms with van der Waals surface area (Å²) in [4.78, 5) is 0. The van der Waals surface area contributed by atoms with E-state index in [1.807, 2.05) is 0 Å². The molecular weight excluding hydrogens is 208 g/mol. The third kappa shape index (κ3) is 1.62. The molecule has 0 N–H and O–H groups in total. The predicted molar refractivity (Wildman–Crippen MR) is 70.7 cm³/mol. The minimum atomic E-state index is 0.452. The van der Waals surface area contributed by atoms with Crippen LogP contribution in [0.2, 0.25) is 0 Å². The van der Waals surface area contributed by atoms with Gasteiger partial charge in [-0.1, -0.05) is 39.8 Å². The second kappa shape index (κ2) is 3.60. The van der Waals surface area contributed by atoms with Gasteiger partial charge < -0.3 is 4.74 Å². The maximum Gasteiger partial charge on any atom is 0.0646 e. The van der Waals surface area contributed by atoms with E-state index in [9.17, 15) is 0 Å². The van der Waals surface area contributed by atoms with Crippen molar-refractivity contribution >= 4 is 0 Å². The van der Waals surface area contributed by atoms with Crippen LogP contribution in [0.4, 0.5) is 0 Å². The lowest BCUT2D eigenvalue weighted by atomic mass is 9.71. The van der Waals surface area contributed by atoms with E-state index < -0.39 is 0 Å². The molecule has 0 unspecified atom stereocenters. The lowest BCUT2D eigenvalue weighted by Gasteiger charge is -2.42. The predicted octanol–water partition coefficient (Wildman–Crippen LogP) is 3.90. The van der Waals surface area contributed by atoms with E-state index in [0.717, 1.165) is 24.4 Å². The van der Waals surface area contributed by atoms with E-state index in [4.69, 9.17) is 4.74 Å². The molecule has 0 aromatic rings. The highest BCUT2D eigenvalue weighted by atomic mass is 16.5. The number of fused-ring (bicyclic) bond motifs is 4. The maximum atomic E-state index is 6.16. The van der Waals surface area contributed by atoms with Crippen molar-refractivity contribution in [2.75, 3.05) is 6.61 Å². The fraction of sp³-hybridized carbons (Fsp3) is 0.875. The molecule has 1 saturated heterocycles. The Morgan fingerprint density at radius 1 is 1.41 bits per heavy atom. The number of ether oxygens (including phenoxy) is 1. The summed E-state index contributed by atoms with van der Waals surface area (Å²) in [5, 5.41) is 0. The zero-order chi connectivity index (χ0) is 12.4. The normalized spacial score (nSPS) is 46.9. The van der Waals surface area contributed by atoms with Crippen molar-refractivity contribution in [1.82, 2.24) is 0 Å². The minimum Gasteiger partial charge on any atom is -0.377 e. The first-order chi connectivity index (χ1) is 7.93. The summed E-state index contributed by atoms with van der Waals surface area (Å²) in [5.41, 5.74) is 2.07. The molecule has 0 radical (unpaired) electrons. The Hall–Kier alpha value is -0.300. The van der Waals surface area contributed by atoms with Crippen LogP contribution in [-0.2, 0) is 4.74 Å². The number of rotatable bonds is 2. The van der Waals surface area contributed by atoms with Crippen LogP contribution < -0.4 is 0 Å². The SMILES string of the molecule is C=C1[C@H]2CO[C@@H](CC(C)C)[C@H]1[C@H]1[C@@H](C2)C1(C)C. The summed E-state index contributed by atoms with van der Waals surface area (Å²) in [7, 11) is 0. The highest BCUT2D eigenvalue weighted by molar-refractivity contribution is 5.26. The van der Waals surface area contributed by atoms with Crippen LogP contribution in [0.5, 0.6) is 0 Å². The molecule has 0 spiro atoms. The zero-order valence-corrected chi connectivity index (χ0v) is 11.7. The van der Waals surface area contributed by atoms with Crippen LogP contribution in [0.1, 0.15) is 40.5 Å². The average molecular weight is 234 g/mol. The second-order valence-corrected chi connectivity index (χ2v) is 7.49. The average Bonchev–Trinajstić information content (AvgIpc) is 2.71. The summed E-state index contributed by atoms with van der Waals surface area (Å²) in [6.07, 6.45) is 2.99. The molecule has 0 aromatic carbocycles. The Morgan fingerprint density at radius 3 is 2.76 bits per heavy atom. The summed E-state index contributed by atoms with van der Waals surface area (Å²) >= 11 is 0. The van der Waals surface area contributed by atoms with Crippen molar-refractivity contribution in [3.8, 4) is 0 Å². The Morgan fingerprint density at radius 2 is 2.12 bits per heavy atom. The topological polar surface area (TPSA) is 9.23 Å². The molecule has 2 bridgehead atoms. The van der Waals surface area contributed by atoms with Crippen molar-refractivity contribution < 1.29 is 4.74 Å². The Bertz CT molecular complexity index is 341. The van der Waals surface area contributed by atoms with Crippen molar-refractivity contribution in [3.63, 3.8) is 0 Å². The molecule has 2 aliphatic carbocycles. The molecule has 3 rings (SSSR count). The maximum absolute atomic E-state index is 6.16. The first kappa shape index (κ1) is 11.8. The summed E-state index contributed by atoms with van der Waals surface area (Å²) in [6.45, 7) is 14.9. The molecule has 0 aromatic heterocycles. The van der Waals surface area contributed by atoms with E-state index in [0.29, 0.717) is 23.4 Å². The van der Waals surface area contributed by atoms with Gasteiger partial charge in [-0.05, 0) is 36.0 Å². The van der Waals surface area contributed by atoms with Crippen LogP contribution in [0.3, 0.4) is 0 Å². The third-order valence-corrected chi connectivity index (χ3v) is 5.63. The minimum absolute atomic E-state index is 0.452. The molecule has 5 atom stereocenters. The fourth-order valence-corrected chi connectivity index (χ4v) is 4.58. The quantitative estimate of drug-likeness (QED) is 0.659. The van der Waals surface area contributed by atoms with Crippen molar-refractivity contribution in [2.45, 2.75) is 46.6 Å². The van der Waals surface area contributed by atoms with Crippen LogP contribution in [-0.4, -0.2) is 12.7 Å². The molecular formula is C16H26O. The van der Waals surface area contributed by atoms with Gasteiger partial charge in [0.25, 0.3) is 0 Å². The van der Waals surface area contributed by atoms with Gasteiger partial charge in [0, 0.05) is 11.8 Å². The third-order valence-electron chi connectivity index (χ3n) is 5.63. The fourth-order valence-electron chi connectivity index (χ4n) is 4.58. The van der Waals surface area contributed by atoms with Crippen LogP contribution in [0.15, 0.2) is 12.2 Å². The van der Waals surface area contributed by atoms with Gasteiger partial charge in [-0.15, -0.1) is 0 Å². The molecule has 1 nitrogen and oxygen atoms in total. The lowest BCUT2D eigenvalue weighted by Crippen LogP contribution is -2.41. The van der Waals surface area contributed by atoms with Gasteiger partial charge in [0.05, 0.1) is 12.7 Å². The highest BCUT2D eigenvalue weighted by Gasteiger charge is 2.66. The van der Waals surface area contributed by atoms with Gasteiger partial charge in [0.1, 0.15) is 0 Å².